The van der Waals surface area contributed by atoms with Crippen molar-refractivity contribution in [3.05, 3.63) is 41.1 Å². The van der Waals surface area contributed by atoms with E-state index in [1.165, 1.54) is 6.20 Å². The molecule has 5 N–H and O–H groups in total. The van der Waals surface area contributed by atoms with E-state index in [1.807, 2.05) is 0 Å². The number of anilines is 3. The SMILES string of the molecule is COCCOc1cnc(Nc2cnc(Cl)c(CNS(=O)O)c2)c(-c2nc(C)nc(N)n2)c1. The van der Waals surface area contributed by atoms with Crippen LogP contribution in [0.3, 0.4) is 0 Å². The summed E-state index contributed by atoms with van der Waals surface area (Å²) in [6.07, 6.45) is 3.04. The number of halogens is 1. The molecule has 1 atom stereocenters. The number of nitrogens with two attached hydrogens (primary N) is 1. The van der Waals surface area contributed by atoms with Crippen LogP contribution < -0.4 is 20.5 Å². The summed E-state index contributed by atoms with van der Waals surface area (Å²) in [5.41, 5.74) is 7.37. The molecule has 0 saturated carbocycles. The quantitative estimate of drug-likeness (QED) is 0.189. The Kier molecular flexibility index (Phi) is 8.19. The van der Waals surface area contributed by atoms with Gasteiger partial charge in [0.1, 0.15) is 29.2 Å². The molecule has 3 aromatic rings. The Balaban J connectivity index is 1.96. The number of methoxy groups -OCH3 is 1. The number of aromatic nitrogens is 5. The van der Waals surface area contributed by atoms with Crippen molar-refractivity contribution in [2.24, 2.45) is 0 Å². The number of hydrogen-bond acceptors (Lipinski definition) is 10. The van der Waals surface area contributed by atoms with Crippen molar-refractivity contribution in [3.63, 3.8) is 0 Å². The molecule has 1 unspecified atom stereocenters. The smallest absolute Gasteiger partial charge is 0.232 e. The van der Waals surface area contributed by atoms with Gasteiger partial charge in [0, 0.05) is 19.2 Å². The van der Waals surface area contributed by atoms with Crippen LogP contribution in [0.15, 0.2) is 24.5 Å². The Bertz CT molecular complexity index is 1100. The summed E-state index contributed by atoms with van der Waals surface area (Å²) >= 11 is 3.90. The molecule has 3 heterocycles. The first-order valence-electron chi connectivity index (χ1n) is 9.22. The number of nitrogen functional groups attached to an aromatic ring is 1. The van der Waals surface area contributed by atoms with E-state index in [-0.39, 0.29) is 17.6 Å². The number of aryl methyl sites for hydroxylation is 1. The number of nitrogens with one attached hydrogen (secondary N) is 2. The zero-order chi connectivity index (χ0) is 23.1. The third-order valence-electron chi connectivity index (χ3n) is 3.98. The molecule has 0 aliphatic rings. The van der Waals surface area contributed by atoms with Gasteiger partial charge in [0.25, 0.3) is 0 Å². The summed E-state index contributed by atoms with van der Waals surface area (Å²) < 4.78 is 32.9. The largest absolute Gasteiger partial charge is 0.490 e. The third kappa shape index (κ3) is 6.51. The summed E-state index contributed by atoms with van der Waals surface area (Å²) in [5.74, 6) is 1.72. The topological polar surface area (TPSA) is 170 Å². The maximum absolute atomic E-state index is 10.9. The van der Waals surface area contributed by atoms with Crippen molar-refractivity contribution in [2.45, 2.75) is 13.5 Å². The van der Waals surface area contributed by atoms with Crippen molar-refractivity contribution in [1.82, 2.24) is 29.6 Å². The van der Waals surface area contributed by atoms with Crippen LogP contribution in [0, 0.1) is 6.92 Å². The summed E-state index contributed by atoms with van der Waals surface area (Å²) in [7, 11) is 1.58. The number of hydrogen-bond donors (Lipinski definition) is 4. The molecule has 0 aliphatic carbocycles. The summed E-state index contributed by atoms with van der Waals surface area (Å²) in [6.45, 7) is 2.50. The van der Waals surface area contributed by atoms with Crippen LogP contribution in [0.2, 0.25) is 5.15 Å². The molecule has 12 nitrogen and oxygen atoms in total. The van der Waals surface area contributed by atoms with Crippen LogP contribution >= 0.6 is 11.6 Å². The van der Waals surface area contributed by atoms with Gasteiger partial charge in [-0.1, -0.05) is 11.6 Å². The van der Waals surface area contributed by atoms with E-state index in [0.717, 1.165) is 0 Å². The van der Waals surface area contributed by atoms with Crippen molar-refractivity contribution in [3.8, 4) is 17.1 Å². The lowest BCUT2D eigenvalue weighted by Crippen LogP contribution is -2.16. The third-order valence-corrected chi connectivity index (χ3v) is 4.72. The van der Waals surface area contributed by atoms with E-state index in [4.69, 9.17) is 31.4 Å². The Morgan fingerprint density at radius 1 is 1.19 bits per heavy atom. The predicted octanol–water partition coefficient (Wildman–Crippen LogP) is 1.87. The minimum Gasteiger partial charge on any atom is -0.490 e. The molecule has 3 aromatic heterocycles. The second-order valence-electron chi connectivity index (χ2n) is 6.34. The van der Waals surface area contributed by atoms with Crippen molar-refractivity contribution in [1.29, 1.82) is 0 Å². The highest BCUT2D eigenvalue weighted by Gasteiger charge is 2.15. The van der Waals surface area contributed by atoms with Crippen LogP contribution in [0.1, 0.15) is 11.4 Å². The number of ether oxygens (including phenoxy) is 2. The zero-order valence-corrected chi connectivity index (χ0v) is 18.8. The fraction of sp³-hybridized carbons (Fsp3) is 0.278. The molecule has 0 spiro atoms. The second-order valence-corrected chi connectivity index (χ2v) is 7.49. The van der Waals surface area contributed by atoms with Crippen molar-refractivity contribution < 1.29 is 18.2 Å². The molecule has 0 bridgehead atoms. The molecule has 170 valence electrons. The number of pyridine rings is 2. The number of rotatable bonds is 10. The van der Waals surface area contributed by atoms with Crippen LogP contribution in [0.25, 0.3) is 11.4 Å². The van der Waals surface area contributed by atoms with Crippen molar-refractivity contribution in [2.75, 3.05) is 31.4 Å². The van der Waals surface area contributed by atoms with Gasteiger partial charge >= 0.3 is 0 Å². The highest BCUT2D eigenvalue weighted by atomic mass is 35.5. The van der Waals surface area contributed by atoms with Crippen LogP contribution in [-0.2, 0) is 22.5 Å². The fourth-order valence-corrected chi connectivity index (χ4v) is 3.07. The van der Waals surface area contributed by atoms with Crippen LogP contribution in [0.4, 0.5) is 17.5 Å². The Hall–Kier alpha value is -2.97. The van der Waals surface area contributed by atoms with Gasteiger partial charge in [0.05, 0.1) is 30.3 Å². The first-order valence-corrected chi connectivity index (χ1v) is 10.7. The van der Waals surface area contributed by atoms with Gasteiger partial charge in [-0.3, -0.25) is 4.55 Å². The lowest BCUT2D eigenvalue weighted by molar-refractivity contribution is 0.146. The van der Waals surface area contributed by atoms with E-state index in [1.54, 1.807) is 32.4 Å². The van der Waals surface area contributed by atoms with Gasteiger partial charge in [-0.2, -0.15) is 9.97 Å². The average molecular weight is 481 g/mol. The predicted molar refractivity (Wildman–Crippen MR) is 120 cm³/mol. The minimum absolute atomic E-state index is 0.0419. The Morgan fingerprint density at radius 3 is 2.72 bits per heavy atom. The normalized spacial score (nSPS) is 11.9. The van der Waals surface area contributed by atoms with Gasteiger partial charge in [-0.05, 0) is 19.1 Å². The maximum atomic E-state index is 10.9. The maximum Gasteiger partial charge on any atom is 0.232 e. The first kappa shape index (κ1) is 23.7. The fourth-order valence-electron chi connectivity index (χ4n) is 2.62. The molecular weight excluding hydrogens is 460 g/mol. The first-order chi connectivity index (χ1) is 15.4. The molecule has 3 rings (SSSR count). The van der Waals surface area contributed by atoms with Gasteiger partial charge in [0.2, 0.25) is 17.2 Å². The van der Waals surface area contributed by atoms with Crippen LogP contribution in [-0.4, -0.2) is 54.0 Å². The summed E-state index contributed by atoms with van der Waals surface area (Å²) in [4.78, 5) is 21.1. The van der Waals surface area contributed by atoms with Gasteiger partial charge in [0.15, 0.2) is 5.82 Å². The lowest BCUT2D eigenvalue weighted by atomic mass is 10.2. The minimum atomic E-state index is -2.18. The highest BCUT2D eigenvalue weighted by Crippen LogP contribution is 2.30. The molecule has 0 radical (unpaired) electrons. The second kappa shape index (κ2) is 11.1. The summed E-state index contributed by atoms with van der Waals surface area (Å²) in [5, 5.41) is 3.34. The molecular formula is C18H21ClN8O4S. The molecule has 0 saturated heterocycles. The molecule has 0 aromatic carbocycles. The monoisotopic (exact) mass is 480 g/mol. The average Bonchev–Trinajstić information content (AvgIpc) is 2.74. The van der Waals surface area contributed by atoms with E-state index in [9.17, 15) is 4.21 Å². The highest BCUT2D eigenvalue weighted by molar-refractivity contribution is 7.77. The van der Waals surface area contributed by atoms with E-state index in [0.29, 0.717) is 53.2 Å². The molecule has 0 fully saturated rings. The Labute approximate surface area is 191 Å². The van der Waals surface area contributed by atoms with E-state index < -0.39 is 11.3 Å². The van der Waals surface area contributed by atoms with Crippen molar-refractivity contribution >= 4 is 40.3 Å². The van der Waals surface area contributed by atoms with Gasteiger partial charge < -0.3 is 20.5 Å². The van der Waals surface area contributed by atoms with Gasteiger partial charge in [-0.15, -0.1) is 0 Å². The van der Waals surface area contributed by atoms with E-state index >= 15 is 0 Å². The molecule has 0 amide bonds. The lowest BCUT2D eigenvalue weighted by Gasteiger charge is -2.14. The summed E-state index contributed by atoms with van der Waals surface area (Å²) in [6, 6.07) is 3.40. The molecule has 0 aliphatic heterocycles. The standard InChI is InChI=1S/C18H21ClN8O4S/c1-10-24-17(27-18(20)25-10)14-6-13(31-4-3-30-2)9-22-16(14)26-12-5-11(7-23-32(28)29)15(19)21-8-12/h5-6,8-9,23H,3-4,7H2,1-2H3,(H,22,26)(H,28,29)(H2,20,24,25,27). The molecule has 14 heteroatoms. The molecule has 32 heavy (non-hydrogen) atoms. The Morgan fingerprint density at radius 2 is 2.00 bits per heavy atom. The van der Waals surface area contributed by atoms with Crippen LogP contribution in [0.5, 0.6) is 5.75 Å². The number of nitrogens with zero attached hydrogens (tertiary/aromatic N) is 5. The van der Waals surface area contributed by atoms with E-state index in [2.05, 4.69) is 35.0 Å². The zero-order valence-electron chi connectivity index (χ0n) is 17.2. The van der Waals surface area contributed by atoms with Gasteiger partial charge in [-0.25, -0.2) is 23.9 Å².